The minimum Gasteiger partial charge on any atom is -0.494 e. The van der Waals surface area contributed by atoms with Gasteiger partial charge in [0.1, 0.15) is 5.75 Å². The second kappa shape index (κ2) is 8.26. The Morgan fingerprint density at radius 2 is 1.70 bits per heavy atom. The van der Waals surface area contributed by atoms with Crippen molar-refractivity contribution >= 4 is 5.69 Å². The van der Waals surface area contributed by atoms with Crippen LogP contribution < -0.4 is 10.1 Å². The van der Waals surface area contributed by atoms with Crippen molar-refractivity contribution in [3.8, 4) is 5.75 Å². The van der Waals surface area contributed by atoms with Crippen molar-refractivity contribution in [1.29, 1.82) is 0 Å². The Bertz CT molecular complexity index is 496. The molecule has 2 aromatic carbocycles. The topological polar surface area (TPSA) is 21.3 Å². The molecular weight excluding hydrogens is 246 g/mol. The number of hydrogen-bond donors (Lipinski definition) is 1. The summed E-state index contributed by atoms with van der Waals surface area (Å²) in [4.78, 5) is 0. The fourth-order valence-electron chi connectivity index (χ4n) is 2.18. The van der Waals surface area contributed by atoms with Gasteiger partial charge in [0.2, 0.25) is 0 Å². The first-order valence-electron chi connectivity index (χ1n) is 7.40. The van der Waals surface area contributed by atoms with Gasteiger partial charge in [0.15, 0.2) is 0 Å². The van der Waals surface area contributed by atoms with Crippen LogP contribution in [-0.4, -0.2) is 13.2 Å². The first-order chi connectivity index (χ1) is 9.90. The van der Waals surface area contributed by atoms with Gasteiger partial charge in [-0.25, -0.2) is 0 Å². The largest absolute Gasteiger partial charge is 0.494 e. The third-order valence-electron chi connectivity index (χ3n) is 3.19. The van der Waals surface area contributed by atoms with E-state index in [0.29, 0.717) is 0 Å². The zero-order valence-corrected chi connectivity index (χ0v) is 12.1. The van der Waals surface area contributed by atoms with Crippen LogP contribution in [0.4, 0.5) is 5.69 Å². The highest BCUT2D eigenvalue weighted by atomic mass is 16.5. The lowest BCUT2D eigenvalue weighted by atomic mass is 10.1. The molecule has 2 nitrogen and oxygen atoms in total. The van der Waals surface area contributed by atoms with Gasteiger partial charge in [-0.15, -0.1) is 0 Å². The predicted octanol–water partition coefficient (Wildman–Crippen LogP) is 4.52. The van der Waals surface area contributed by atoms with Crippen LogP contribution in [0.3, 0.4) is 0 Å². The number of para-hydroxylation sites is 2. The molecule has 0 aromatic heterocycles. The molecule has 0 aliphatic carbocycles. The second-order valence-corrected chi connectivity index (χ2v) is 4.85. The van der Waals surface area contributed by atoms with Crippen LogP contribution in [0.15, 0.2) is 54.6 Å². The van der Waals surface area contributed by atoms with Gasteiger partial charge in [0, 0.05) is 12.2 Å². The average Bonchev–Trinajstić information content (AvgIpc) is 2.50. The number of nitrogens with one attached hydrogen (secondary N) is 1. The van der Waals surface area contributed by atoms with Crippen molar-refractivity contribution in [1.82, 2.24) is 0 Å². The van der Waals surface area contributed by atoms with E-state index in [0.717, 1.165) is 31.7 Å². The number of aryl methyl sites for hydroxylation is 1. The molecule has 0 radical (unpaired) electrons. The molecule has 0 saturated heterocycles. The molecule has 1 N–H and O–H groups in total. The highest BCUT2D eigenvalue weighted by Gasteiger charge is 1.99. The summed E-state index contributed by atoms with van der Waals surface area (Å²) >= 11 is 0. The molecular formula is C18H23NO. The van der Waals surface area contributed by atoms with Crippen molar-refractivity contribution < 1.29 is 4.74 Å². The van der Waals surface area contributed by atoms with E-state index in [2.05, 4.69) is 36.5 Å². The van der Waals surface area contributed by atoms with Gasteiger partial charge in [-0.1, -0.05) is 49.7 Å². The number of ether oxygens (including phenoxy) is 1. The fraction of sp³-hybridized carbons (Fsp3) is 0.333. The van der Waals surface area contributed by atoms with E-state index >= 15 is 0 Å². The van der Waals surface area contributed by atoms with E-state index in [1.54, 1.807) is 0 Å². The minimum absolute atomic E-state index is 0.743. The van der Waals surface area contributed by atoms with Crippen molar-refractivity contribution in [3.05, 3.63) is 60.2 Å². The highest BCUT2D eigenvalue weighted by molar-refractivity contribution is 5.51. The van der Waals surface area contributed by atoms with Gasteiger partial charge >= 0.3 is 0 Å². The number of benzene rings is 2. The van der Waals surface area contributed by atoms with E-state index in [1.807, 2.05) is 30.3 Å². The smallest absolute Gasteiger partial charge is 0.119 e. The third-order valence-corrected chi connectivity index (χ3v) is 3.19. The first kappa shape index (κ1) is 14.4. The molecule has 0 atom stereocenters. The lowest BCUT2D eigenvalue weighted by Gasteiger charge is -2.12. The molecule has 0 fully saturated rings. The zero-order valence-electron chi connectivity index (χ0n) is 12.1. The van der Waals surface area contributed by atoms with Crippen molar-refractivity contribution in [2.45, 2.75) is 26.2 Å². The van der Waals surface area contributed by atoms with Crippen molar-refractivity contribution in [2.24, 2.45) is 0 Å². The maximum absolute atomic E-state index is 5.68. The third kappa shape index (κ3) is 4.61. The molecule has 0 aliphatic rings. The van der Waals surface area contributed by atoms with E-state index in [4.69, 9.17) is 4.74 Å². The highest BCUT2D eigenvalue weighted by Crippen LogP contribution is 2.16. The molecule has 2 heteroatoms. The first-order valence-corrected chi connectivity index (χ1v) is 7.40. The summed E-state index contributed by atoms with van der Waals surface area (Å²) in [5.41, 5.74) is 2.66. The lowest BCUT2D eigenvalue weighted by Crippen LogP contribution is -2.08. The van der Waals surface area contributed by atoms with Crippen molar-refractivity contribution in [2.75, 3.05) is 18.5 Å². The van der Waals surface area contributed by atoms with Crippen LogP contribution >= 0.6 is 0 Å². The van der Waals surface area contributed by atoms with Gasteiger partial charge in [-0.05, 0) is 36.6 Å². The summed E-state index contributed by atoms with van der Waals surface area (Å²) in [6, 6.07) is 18.5. The van der Waals surface area contributed by atoms with E-state index in [-0.39, 0.29) is 0 Å². The molecule has 0 saturated carbocycles. The zero-order chi connectivity index (χ0) is 14.0. The number of anilines is 1. The molecule has 0 bridgehead atoms. The maximum Gasteiger partial charge on any atom is 0.119 e. The molecule has 0 unspecified atom stereocenters. The van der Waals surface area contributed by atoms with E-state index in [9.17, 15) is 0 Å². The quantitative estimate of drug-likeness (QED) is 0.711. The molecule has 20 heavy (non-hydrogen) atoms. The summed E-state index contributed by atoms with van der Waals surface area (Å²) in [5, 5.41) is 3.50. The van der Waals surface area contributed by atoms with Gasteiger partial charge in [-0.2, -0.15) is 0 Å². The minimum atomic E-state index is 0.743. The van der Waals surface area contributed by atoms with Crippen LogP contribution in [-0.2, 0) is 6.42 Å². The monoisotopic (exact) mass is 269 g/mol. The van der Waals surface area contributed by atoms with Crippen LogP contribution in [0, 0.1) is 0 Å². The molecule has 2 rings (SSSR count). The van der Waals surface area contributed by atoms with E-state index < -0.39 is 0 Å². The Morgan fingerprint density at radius 1 is 0.950 bits per heavy atom. The number of rotatable bonds is 8. The second-order valence-electron chi connectivity index (χ2n) is 4.85. The standard InChI is InChI=1S/C18H23NO/c1-2-9-16-10-6-7-13-18(16)19-14-8-15-20-17-11-4-3-5-12-17/h3-7,10-13,19H,2,8-9,14-15H2,1H3. The van der Waals surface area contributed by atoms with E-state index in [1.165, 1.54) is 17.7 Å². The summed E-state index contributed by atoms with van der Waals surface area (Å²) in [5.74, 6) is 0.943. The van der Waals surface area contributed by atoms with Crippen molar-refractivity contribution in [3.63, 3.8) is 0 Å². The van der Waals surface area contributed by atoms with Crippen LogP contribution in [0.25, 0.3) is 0 Å². The molecule has 2 aromatic rings. The Morgan fingerprint density at radius 3 is 2.50 bits per heavy atom. The lowest BCUT2D eigenvalue weighted by molar-refractivity contribution is 0.315. The van der Waals surface area contributed by atoms with Crippen LogP contribution in [0.5, 0.6) is 5.75 Å². The Labute approximate surface area is 121 Å². The Balaban J connectivity index is 1.71. The number of hydrogen-bond acceptors (Lipinski definition) is 2. The molecule has 0 amide bonds. The summed E-state index contributed by atoms with van der Waals surface area (Å²) in [6.45, 7) is 3.89. The normalized spacial score (nSPS) is 10.2. The molecule has 106 valence electrons. The van der Waals surface area contributed by atoms with Crippen LogP contribution in [0.1, 0.15) is 25.3 Å². The molecule has 0 spiro atoms. The average molecular weight is 269 g/mol. The summed E-state index contributed by atoms with van der Waals surface area (Å²) in [7, 11) is 0. The molecule has 0 aliphatic heterocycles. The van der Waals surface area contributed by atoms with Gasteiger partial charge in [0.25, 0.3) is 0 Å². The fourth-order valence-corrected chi connectivity index (χ4v) is 2.18. The summed E-state index contributed by atoms with van der Waals surface area (Å²) < 4.78 is 5.68. The van der Waals surface area contributed by atoms with Gasteiger partial charge in [-0.3, -0.25) is 0 Å². The van der Waals surface area contributed by atoms with Crippen LogP contribution in [0.2, 0.25) is 0 Å². The predicted molar refractivity (Wildman–Crippen MR) is 85.5 cm³/mol. The SMILES string of the molecule is CCCc1ccccc1NCCCOc1ccccc1. The Kier molecular flexibility index (Phi) is 5.97. The Hall–Kier alpha value is -1.96. The van der Waals surface area contributed by atoms with Gasteiger partial charge in [0.05, 0.1) is 6.61 Å². The summed E-state index contributed by atoms with van der Waals surface area (Å²) in [6.07, 6.45) is 3.30. The maximum atomic E-state index is 5.68. The van der Waals surface area contributed by atoms with Gasteiger partial charge < -0.3 is 10.1 Å². The molecule has 0 heterocycles.